The average Bonchev–Trinajstić information content (AvgIpc) is 2.53. The largest absolute Gasteiger partial charge is 0.445 e. The lowest BCUT2D eigenvalue weighted by molar-refractivity contribution is 0.141. The van der Waals surface area contributed by atoms with Crippen molar-refractivity contribution in [3.05, 3.63) is 75.8 Å². The number of carbonyl (C=O) groups is 1. The molecule has 0 saturated carbocycles. The normalized spacial score (nSPS) is 10.6. The third-order valence-electron chi connectivity index (χ3n) is 2.83. The number of rotatable bonds is 5. The molecule has 0 atom stereocenters. The quantitative estimate of drug-likeness (QED) is 0.840. The molecule has 0 aliphatic carbocycles. The molecule has 0 aromatic heterocycles. The Kier molecular flexibility index (Phi) is 6.31. The molecule has 2 aromatic rings. The van der Waals surface area contributed by atoms with E-state index in [1.165, 1.54) is 0 Å². The molecule has 3 nitrogen and oxygen atoms in total. The summed E-state index contributed by atoms with van der Waals surface area (Å²) in [6.07, 6.45) is 3.11. The molecule has 1 amide bonds. The maximum absolute atomic E-state index is 11.5. The minimum absolute atomic E-state index is 0.247. The standard InChI is InChI=1S/C17H15Cl2NO2/c18-15-8-9-16(19)14(11-15)7-4-10-20-17(21)22-12-13-5-2-1-3-6-13/h1-9,11H,10,12H2,(H,20,21). The molecule has 0 bridgehead atoms. The summed E-state index contributed by atoms with van der Waals surface area (Å²) < 4.78 is 5.09. The predicted octanol–water partition coefficient (Wildman–Crippen LogP) is 4.93. The predicted molar refractivity (Wildman–Crippen MR) is 90.1 cm³/mol. The lowest BCUT2D eigenvalue weighted by Gasteiger charge is -2.05. The molecule has 114 valence electrons. The van der Waals surface area contributed by atoms with Crippen molar-refractivity contribution in [2.45, 2.75) is 6.61 Å². The lowest BCUT2D eigenvalue weighted by Crippen LogP contribution is -2.24. The third kappa shape index (κ3) is 5.43. The smallest absolute Gasteiger partial charge is 0.407 e. The SMILES string of the molecule is O=C(NCC=Cc1cc(Cl)ccc1Cl)OCc1ccccc1. The van der Waals surface area contributed by atoms with Crippen LogP contribution in [0, 0.1) is 0 Å². The molecular formula is C17H15Cl2NO2. The molecular weight excluding hydrogens is 321 g/mol. The fraction of sp³-hybridized carbons (Fsp3) is 0.118. The van der Waals surface area contributed by atoms with E-state index in [0.29, 0.717) is 16.6 Å². The first kappa shape index (κ1) is 16.4. The summed E-state index contributed by atoms with van der Waals surface area (Å²) in [5.41, 5.74) is 1.74. The first-order valence-electron chi connectivity index (χ1n) is 6.71. The van der Waals surface area contributed by atoms with Crippen molar-refractivity contribution in [3.8, 4) is 0 Å². The zero-order valence-corrected chi connectivity index (χ0v) is 13.3. The second-order valence-electron chi connectivity index (χ2n) is 4.51. The fourth-order valence-corrected chi connectivity index (χ4v) is 2.11. The molecule has 0 aliphatic rings. The van der Waals surface area contributed by atoms with E-state index in [1.807, 2.05) is 30.3 Å². The highest BCUT2D eigenvalue weighted by Gasteiger charge is 2.01. The molecule has 0 spiro atoms. The van der Waals surface area contributed by atoms with Crippen LogP contribution in [0.2, 0.25) is 10.0 Å². The van der Waals surface area contributed by atoms with Crippen molar-refractivity contribution in [3.63, 3.8) is 0 Å². The topological polar surface area (TPSA) is 38.3 Å². The van der Waals surface area contributed by atoms with Crippen molar-refractivity contribution in [1.29, 1.82) is 0 Å². The number of hydrogen-bond acceptors (Lipinski definition) is 2. The van der Waals surface area contributed by atoms with E-state index in [-0.39, 0.29) is 6.61 Å². The van der Waals surface area contributed by atoms with Crippen molar-refractivity contribution >= 4 is 35.4 Å². The number of hydrogen-bond donors (Lipinski definition) is 1. The van der Waals surface area contributed by atoms with Crippen LogP contribution in [0.25, 0.3) is 6.08 Å². The number of carbonyl (C=O) groups excluding carboxylic acids is 1. The van der Waals surface area contributed by atoms with Crippen molar-refractivity contribution in [1.82, 2.24) is 5.32 Å². The van der Waals surface area contributed by atoms with Gasteiger partial charge in [0, 0.05) is 16.6 Å². The van der Waals surface area contributed by atoms with Gasteiger partial charge in [0.15, 0.2) is 0 Å². The number of amides is 1. The highest BCUT2D eigenvalue weighted by atomic mass is 35.5. The highest BCUT2D eigenvalue weighted by molar-refractivity contribution is 6.34. The lowest BCUT2D eigenvalue weighted by atomic mass is 10.2. The van der Waals surface area contributed by atoms with Crippen LogP contribution < -0.4 is 5.32 Å². The summed E-state index contributed by atoms with van der Waals surface area (Å²) >= 11 is 11.9. The molecule has 2 rings (SSSR count). The molecule has 2 aromatic carbocycles. The van der Waals surface area contributed by atoms with Crippen LogP contribution in [0.3, 0.4) is 0 Å². The van der Waals surface area contributed by atoms with Gasteiger partial charge in [-0.15, -0.1) is 0 Å². The van der Waals surface area contributed by atoms with Gasteiger partial charge in [-0.05, 0) is 29.3 Å². The van der Waals surface area contributed by atoms with E-state index in [9.17, 15) is 4.79 Å². The highest BCUT2D eigenvalue weighted by Crippen LogP contribution is 2.21. The van der Waals surface area contributed by atoms with Crippen LogP contribution >= 0.6 is 23.2 Å². The number of halogens is 2. The van der Waals surface area contributed by atoms with Gasteiger partial charge in [0.1, 0.15) is 6.61 Å². The van der Waals surface area contributed by atoms with Gasteiger partial charge < -0.3 is 10.1 Å². The second-order valence-corrected chi connectivity index (χ2v) is 5.35. The zero-order chi connectivity index (χ0) is 15.8. The fourth-order valence-electron chi connectivity index (χ4n) is 1.74. The Labute approximate surface area is 139 Å². The first-order chi connectivity index (χ1) is 10.6. The Morgan fingerprint density at radius 1 is 1.14 bits per heavy atom. The van der Waals surface area contributed by atoms with Crippen LogP contribution in [0.1, 0.15) is 11.1 Å². The van der Waals surface area contributed by atoms with Gasteiger partial charge in [-0.1, -0.05) is 65.7 Å². The monoisotopic (exact) mass is 335 g/mol. The van der Waals surface area contributed by atoms with Crippen LogP contribution in [-0.2, 0) is 11.3 Å². The Morgan fingerprint density at radius 3 is 2.68 bits per heavy atom. The Balaban J connectivity index is 1.75. The van der Waals surface area contributed by atoms with Crippen LogP contribution in [0.15, 0.2) is 54.6 Å². The minimum atomic E-state index is -0.467. The van der Waals surface area contributed by atoms with Gasteiger partial charge in [-0.3, -0.25) is 0 Å². The zero-order valence-electron chi connectivity index (χ0n) is 11.8. The van der Waals surface area contributed by atoms with Crippen LogP contribution in [0.4, 0.5) is 4.79 Å². The Morgan fingerprint density at radius 2 is 1.91 bits per heavy atom. The van der Waals surface area contributed by atoms with E-state index >= 15 is 0 Å². The molecule has 0 saturated heterocycles. The van der Waals surface area contributed by atoms with Crippen LogP contribution in [-0.4, -0.2) is 12.6 Å². The van der Waals surface area contributed by atoms with Crippen molar-refractivity contribution < 1.29 is 9.53 Å². The molecule has 0 fully saturated rings. The van der Waals surface area contributed by atoms with E-state index in [1.54, 1.807) is 30.4 Å². The number of nitrogens with one attached hydrogen (secondary N) is 1. The second kappa shape index (κ2) is 8.47. The number of ether oxygens (including phenoxy) is 1. The molecule has 22 heavy (non-hydrogen) atoms. The molecule has 5 heteroatoms. The minimum Gasteiger partial charge on any atom is -0.445 e. The average molecular weight is 336 g/mol. The van der Waals surface area contributed by atoms with E-state index in [4.69, 9.17) is 27.9 Å². The molecule has 0 radical (unpaired) electrons. The summed E-state index contributed by atoms with van der Waals surface area (Å²) in [5.74, 6) is 0. The van der Waals surface area contributed by atoms with Gasteiger partial charge in [-0.2, -0.15) is 0 Å². The maximum atomic E-state index is 11.5. The summed E-state index contributed by atoms with van der Waals surface area (Å²) in [4.78, 5) is 11.5. The molecule has 0 aliphatic heterocycles. The first-order valence-corrected chi connectivity index (χ1v) is 7.47. The Hall–Kier alpha value is -1.97. The number of alkyl carbamates (subject to hydrolysis) is 1. The maximum Gasteiger partial charge on any atom is 0.407 e. The van der Waals surface area contributed by atoms with Gasteiger partial charge in [-0.25, -0.2) is 4.79 Å². The van der Waals surface area contributed by atoms with Crippen molar-refractivity contribution in [2.24, 2.45) is 0 Å². The van der Waals surface area contributed by atoms with Gasteiger partial charge in [0.25, 0.3) is 0 Å². The summed E-state index contributed by atoms with van der Waals surface area (Å²) in [6, 6.07) is 14.7. The molecule has 0 unspecified atom stereocenters. The number of benzene rings is 2. The summed E-state index contributed by atoms with van der Waals surface area (Å²) in [5, 5.41) is 3.85. The third-order valence-corrected chi connectivity index (χ3v) is 3.41. The van der Waals surface area contributed by atoms with Gasteiger partial charge in [0.2, 0.25) is 0 Å². The van der Waals surface area contributed by atoms with Crippen molar-refractivity contribution in [2.75, 3.05) is 6.54 Å². The molecule has 0 heterocycles. The Bertz CT molecular complexity index is 657. The van der Waals surface area contributed by atoms with Crippen LogP contribution in [0.5, 0.6) is 0 Å². The summed E-state index contributed by atoms with van der Waals surface area (Å²) in [7, 11) is 0. The van der Waals surface area contributed by atoms with Gasteiger partial charge in [0.05, 0.1) is 0 Å². The van der Waals surface area contributed by atoms with E-state index in [2.05, 4.69) is 5.32 Å². The van der Waals surface area contributed by atoms with E-state index in [0.717, 1.165) is 11.1 Å². The van der Waals surface area contributed by atoms with Gasteiger partial charge >= 0.3 is 6.09 Å². The molecule has 1 N–H and O–H groups in total. The van der Waals surface area contributed by atoms with E-state index < -0.39 is 6.09 Å². The summed E-state index contributed by atoms with van der Waals surface area (Å²) in [6.45, 7) is 0.590.